The Hall–Kier alpha value is -2.06. The average Bonchev–Trinajstić information content (AvgIpc) is 2.49. The van der Waals surface area contributed by atoms with Gasteiger partial charge in [-0.15, -0.1) is 0 Å². The third-order valence-electron chi connectivity index (χ3n) is 2.88. The van der Waals surface area contributed by atoms with Crippen molar-refractivity contribution in [1.82, 2.24) is 9.71 Å². The maximum Gasteiger partial charge on any atom is 0.266 e. The standard InChI is InChI=1S/C14H11ClF2N2O3S/c1-22-12-5-9(14(20)19-23(2)21)11(16)4-8(12)7-3-10(15)13(17)18-6-7/h3-6H,1-2H3,(H,19,20). The number of hydrogen-bond acceptors (Lipinski definition) is 4. The zero-order valence-electron chi connectivity index (χ0n) is 12.0. The minimum Gasteiger partial charge on any atom is -0.496 e. The Labute approximate surface area is 138 Å². The fourth-order valence-electron chi connectivity index (χ4n) is 1.88. The third kappa shape index (κ3) is 3.83. The zero-order chi connectivity index (χ0) is 17.1. The summed E-state index contributed by atoms with van der Waals surface area (Å²) in [7, 11) is -0.308. The predicted molar refractivity (Wildman–Crippen MR) is 82.7 cm³/mol. The lowest BCUT2D eigenvalue weighted by Crippen LogP contribution is -2.25. The number of methoxy groups -OCH3 is 1. The molecule has 2 aromatic rings. The molecule has 1 N–H and O–H groups in total. The fourth-order valence-corrected chi connectivity index (χ4v) is 2.41. The maximum absolute atomic E-state index is 14.2. The molecule has 23 heavy (non-hydrogen) atoms. The first-order valence-corrected chi connectivity index (χ1v) is 8.10. The van der Waals surface area contributed by atoms with Gasteiger partial charge in [0.2, 0.25) is 5.95 Å². The summed E-state index contributed by atoms with van der Waals surface area (Å²) >= 11 is 5.67. The highest BCUT2D eigenvalue weighted by atomic mass is 35.5. The molecule has 1 heterocycles. The summed E-state index contributed by atoms with van der Waals surface area (Å²) < 4.78 is 45.6. The number of amides is 1. The van der Waals surface area contributed by atoms with Crippen molar-refractivity contribution >= 4 is 28.5 Å². The van der Waals surface area contributed by atoms with Crippen LogP contribution in [0, 0.1) is 11.8 Å². The Bertz CT molecular complexity index is 802. The number of carbonyl (C=O) groups excluding carboxylic acids is 1. The molecule has 0 aliphatic rings. The van der Waals surface area contributed by atoms with Gasteiger partial charge < -0.3 is 4.74 Å². The first-order chi connectivity index (χ1) is 10.8. The van der Waals surface area contributed by atoms with Gasteiger partial charge in [0.25, 0.3) is 5.91 Å². The normalized spacial score (nSPS) is 11.9. The van der Waals surface area contributed by atoms with E-state index in [-0.39, 0.29) is 21.9 Å². The number of pyridine rings is 1. The van der Waals surface area contributed by atoms with Crippen LogP contribution in [0.25, 0.3) is 11.1 Å². The van der Waals surface area contributed by atoms with Crippen LogP contribution in [0.5, 0.6) is 5.75 Å². The highest BCUT2D eigenvalue weighted by Gasteiger charge is 2.19. The SMILES string of the molecule is COc1cc(C(=O)NS(C)=O)c(F)cc1-c1cnc(F)c(Cl)c1. The molecule has 0 bridgehead atoms. The summed E-state index contributed by atoms with van der Waals surface area (Å²) in [4.78, 5) is 15.3. The number of nitrogens with zero attached hydrogens (tertiary/aromatic N) is 1. The zero-order valence-corrected chi connectivity index (χ0v) is 13.6. The number of halogens is 3. The van der Waals surface area contributed by atoms with Gasteiger partial charge in [0.05, 0.1) is 17.7 Å². The van der Waals surface area contributed by atoms with E-state index in [2.05, 4.69) is 9.71 Å². The van der Waals surface area contributed by atoms with Gasteiger partial charge in [0.15, 0.2) is 0 Å². The molecule has 0 aliphatic carbocycles. The molecule has 0 aliphatic heterocycles. The van der Waals surface area contributed by atoms with Gasteiger partial charge >= 0.3 is 0 Å². The molecule has 0 saturated heterocycles. The van der Waals surface area contributed by atoms with Crippen molar-refractivity contribution in [3.63, 3.8) is 0 Å². The van der Waals surface area contributed by atoms with Crippen molar-refractivity contribution in [2.24, 2.45) is 0 Å². The summed E-state index contributed by atoms with van der Waals surface area (Å²) in [6.07, 6.45) is 2.41. The molecule has 1 aromatic carbocycles. The fraction of sp³-hybridized carbons (Fsp3) is 0.143. The number of benzene rings is 1. The van der Waals surface area contributed by atoms with E-state index in [0.29, 0.717) is 5.56 Å². The Morgan fingerprint density at radius 3 is 2.61 bits per heavy atom. The molecule has 0 spiro atoms. The lowest BCUT2D eigenvalue weighted by molar-refractivity contribution is 0.0979. The number of carbonyl (C=O) groups is 1. The van der Waals surface area contributed by atoms with Crippen molar-refractivity contribution < 1.29 is 22.5 Å². The van der Waals surface area contributed by atoms with Crippen LogP contribution in [0.4, 0.5) is 8.78 Å². The minimum atomic E-state index is -1.64. The van der Waals surface area contributed by atoms with E-state index in [1.165, 1.54) is 25.6 Å². The summed E-state index contributed by atoms with van der Waals surface area (Å²) in [6.45, 7) is 0. The number of ether oxygens (including phenoxy) is 1. The van der Waals surface area contributed by atoms with Crippen molar-refractivity contribution in [2.75, 3.05) is 13.4 Å². The van der Waals surface area contributed by atoms with E-state index < -0.39 is 28.7 Å². The molecule has 9 heteroatoms. The van der Waals surface area contributed by atoms with Gasteiger partial charge in [-0.3, -0.25) is 9.52 Å². The Morgan fingerprint density at radius 2 is 2.04 bits per heavy atom. The molecular formula is C14H11ClF2N2O3S. The van der Waals surface area contributed by atoms with Crippen molar-refractivity contribution in [1.29, 1.82) is 0 Å². The third-order valence-corrected chi connectivity index (χ3v) is 3.62. The Kier molecular flexibility index (Phi) is 5.27. The Morgan fingerprint density at radius 1 is 1.35 bits per heavy atom. The van der Waals surface area contributed by atoms with Gasteiger partial charge in [-0.2, -0.15) is 4.39 Å². The van der Waals surface area contributed by atoms with E-state index in [4.69, 9.17) is 16.3 Å². The first-order valence-electron chi connectivity index (χ1n) is 6.17. The van der Waals surface area contributed by atoms with Crippen LogP contribution in [-0.2, 0) is 11.0 Å². The van der Waals surface area contributed by atoms with E-state index in [1.807, 2.05) is 0 Å². The van der Waals surface area contributed by atoms with Gasteiger partial charge in [0.1, 0.15) is 22.6 Å². The topological polar surface area (TPSA) is 68.3 Å². The number of aromatic nitrogens is 1. The monoisotopic (exact) mass is 360 g/mol. The van der Waals surface area contributed by atoms with E-state index in [1.54, 1.807) is 0 Å². The molecule has 1 aromatic heterocycles. The average molecular weight is 361 g/mol. The van der Waals surface area contributed by atoms with Crippen LogP contribution < -0.4 is 9.46 Å². The largest absolute Gasteiger partial charge is 0.496 e. The molecule has 1 amide bonds. The van der Waals surface area contributed by atoms with Crippen LogP contribution in [0.2, 0.25) is 5.02 Å². The first kappa shape index (κ1) is 17.3. The predicted octanol–water partition coefficient (Wildman–Crippen LogP) is 2.71. The van der Waals surface area contributed by atoms with E-state index in [9.17, 15) is 17.8 Å². The van der Waals surface area contributed by atoms with E-state index in [0.717, 1.165) is 12.1 Å². The number of hydrogen-bond donors (Lipinski definition) is 1. The molecule has 1 unspecified atom stereocenters. The van der Waals surface area contributed by atoms with Crippen molar-refractivity contribution in [2.45, 2.75) is 0 Å². The van der Waals surface area contributed by atoms with Crippen LogP contribution in [0.1, 0.15) is 10.4 Å². The number of rotatable bonds is 4. The molecule has 0 radical (unpaired) electrons. The van der Waals surface area contributed by atoms with Gasteiger partial charge in [-0.25, -0.2) is 13.6 Å². The van der Waals surface area contributed by atoms with Gasteiger partial charge in [-0.05, 0) is 18.2 Å². The van der Waals surface area contributed by atoms with E-state index >= 15 is 0 Å². The molecule has 0 saturated carbocycles. The minimum absolute atomic E-state index is 0.155. The summed E-state index contributed by atoms with van der Waals surface area (Å²) in [6, 6.07) is 3.46. The van der Waals surface area contributed by atoms with Gasteiger partial charge in [0, 0.05) is 23.6 Å². The molecule has 5 nitrogen and oxygen atoms in total. The molecule has 122 valence electrons. The van der Waals surface area contributed by atoms with Crippen molar-refractivity contribution in [3.05, 3.63) is 46.7 Å². The van der Waals surface area contributed by atoms with Crippen LogP contribution >= 0.6 is 11.6 Å². The maximum atomic E-state index is 14.2. The summed E-state index contributed by atoms with van der Waals surface area (Å²) in [5, 5.41) is -0.229. The lowest BCUT2D eigenvalue weighted by Gasteiger charge is -2.12. The Balaban J connectivity index is 2.54. The van der Waals surface area contributed by atoms with Gasteiger partial charge in [-0.1, -0.05) is 11.6 Å². The summed E-state index contributed by atoms with van der Waals surface area (Å²) in [5.74, 6) is -2.40. The highest BCUT2D eigenvalue weighted by molar-refractivity contribution is 7.82. The van der Waals surface area contributed by atoms with Crippen LogP contribution in [-0.4, -0.2) is 28.5 Å². The lowest BCUT2D eigenvalue weighted by atomic mass is 10.0. The molecule has 0 fully saturated rings. The second-order valence-corrected chi connectivity index (χ2v) is 5.93. The smallest absolute Gasteiger partial charge is 0.266 e. The van der Waals surface area contributed by atoms with Crippen LogP contribution in [0.15, 0.2) is 24.4 Å². The molecular weight excluding hydrogens is 350 g/mol. The highest BCUT2D eigenvalue weighted by Crippen LogP contribution is 2.33. The molecule has 2 rings (SSSR count). The second-order valence-electron chi connectivity index (χ2n) is 4.41. The quantitative estimate of drug-likeness (QED) is 0.851. The van der Waals surface area contributed by atoms with Crippen molar-refractivity contribution in [3.8, 4) is 16.9 Å². The molecule has 1 atom stereocenters. The number of nitrogens with one attached hydrogen (secondary N) is 1. The second kappa shape index (κ2) is 7.01. The summed E-state index contributed by atoms with van der Waals surface area (Å²) in [5.41, 5.74) is 0.230. The van der Waals surface area contributed by atoms with Crippen LogP contribution in [0.3, 0.4) is 0 Å².